The number of carbonyl (C=O) groups is 1. The average Bonchev–Trinajstić information content (AvgIpc) is 2.51. The molecule has 2 aromatic rings. The number of nitrogens with one attached hydrogen (secondary N) is 1. The fraction of sp³-hybridized carbons (Fsp3) is 0.267. The van der Waals surface area contributed by atoms with Crippen molar-refractivity contribution < 1.29 is 22.7 Å². The molecule has 1 amide bonds. The van der Waals surface area contributed by atoms with E-state index in [-0.39, 0.29) is 24.9 Å². The van der Waals surface area contributed by atoms with Crippen molar-refractivity contribution in [1.82, 2.24) is 15.3 Å². The Morgan fingerprint density at radius 1 is 1.17 bits per heavy atom. The number of aromatic nitrogens is 2. The number of aryl methyl sites for hydroxylation is 1. The lowest BCUT2D eigenvalue weighted by molar-refractivity contribution is -0.137. The molecule has 0 spiro atoms. The van der Waals surface area contributed by atoms with Crippen molar-refractivity contribution in [3.8, 4) is 5.88 Å². The van der Waals surface area contributed by atoms with Gasteiger partial charge in [-0.15, -0.1) is 0 Å². The Morgan fingerprint density at radius 2 is 1.96 bits per heavy atom. The maximum Gasteiger partial charge on any atom is 0.417 e. The molecule has 2 aromatic heterocycles. The Labute approximate surface area is 130 Å². The third-order valence-corrected chi connectivity index (χ3v) is 2.87. The van der Waals surface area contributed by atoms with Gasteiger partial charge in [0.15, 0.2) is 0 Å². The summed E-state index contributed by atoms with van der Waals surface area (Å²) in [7, 11) is 0. The van der Waals surface area contributed by atoms with E-state index >= 15 is 0 Å². The highest BCUT2D eigenvalue weighted by Crippen LogP contribution is 2.29. The number of ether oxygens (including phenoxy) is 1. The summed E-state index contributed by atoms with van der Waals surface area (Å²) < 4.78 is 42.3. The van der Waals surface area contributed by atoms with Gasteiger partial charge < -0.3 is 10.1 Å². The number of nitrogens with zero attached hydrogens (tertiary/aromatic N) is 2. The quantitative estimate of drug-likeness (QED) is 0.858. The Hall–Kier alpha value is -2.64. The fourth-order valence-corrected chi connectivity index (χ4v) is 1.66. The van der Waals surface area contributed by atoms with Crippen LogP contribution in [0.4, 0.5) is 13.2 Å². The largest absolute Gasteiger partial charge is 0.476 e. The van der Waals surface area contributed by atoms with E-state index in [0.717, 1.165) is 17.8 Å². The highest BCUT2D eigenvalue weighted by Gasteiger charge is 2.30. The minimum Gasteiger partial charge on any atom is -0.476 e. The van der Waals surface area contributed by atoms with E-state index in [2.05, 4.69) is 15.3 Å². The van der Waals surface area contributed by atoms with E-state index in [1.165, 1.54) is 6.20 Å². The molecule has 8 heteroatoms. The zero-order valence-corrected chi connectivity index (χ0v) is 12.2. The van der Waals surface area contributed by atoms with E-state index in [1.54, 1.807) is 12.1 Å². The second kappa shape index (κ2) is 7.08. The second-order valence-electron chi connectivity index (χ2n) is 4.68. The van der Waals surface area contributed by atoms with Gasteiger partial charge in [-0.2, -0.15) is 13.2 Å². The molecule has 0 saturated carbocycles. The van der Waals surface area contributed by atoms with Crippen LogP contribution in [0.3, 0.4) is 0 Å². The Morgan fingerprint density at radius 3 is 2.52 bits per heavy atom. The molecule has 2 heterocycles. The van der Waals surface area contributed by atoms with Crippen molar-refractivity contribution in [3.63, 3.8) is 0 Å². The molecule has 2 rings (SSSR count). The minimum absolute atomic E-state index is 0.0595. The van der Waals surface area contributed by atoms with Crippen LogP contribution in [0.1, 0.15) is 21.6 Å². The van der Waals surface area contributed by atoms with Gasteiger partial charge in [-0.1, -0.05) is 0 Å². The zero-order chi connectivity index (χ0) is 16.9. The summed E-state index contributed by atoms with van der Waals surface area (Å²) in [5.74, 6) is -0.245. The SMILES string of the molecule is Cc1ccc(C(=O)NCCOc2ccc(C(F)(F)F)cn2)cn1. The maximum absolute atomic E-state index is 12.4. The molecule has 0 aliphatic carbocycles. The van der Waals surface area contributed by atoms with Crippen molar-refractivity contribution in [3.05, 3.63) is 53.5 Å². The lowest BCUT2D eigenvalue weighted by atomic mass is 10.2. The van der Waals surface area contributed by atoms with Crippen LogP contribution in [0.5, 0.6) is 5.88 Å². The molecular weight excluding hydrogens is 311 g/mol. The summed E-state index contributed by atoms with van der Waals surface area (Å²) in [5, 5.41) is 2.61. The van der Waals surface area contributed by atoms with Crippen molar-refractivity contribution in [1.29, 1.82) is 0 Å². The van der Waals surface area contributed by atoms with E-state index in [4.69, 9.17) is 4.74 Å². The summed E-state index contributed by atoms with van der Waals surface area (Å²) in [6.45, 7) is 2.09. The van der Waals surface area contributed by atoms with Gasteiger partial charge in [0.05, 0.1) is 17.7 Å². The van der Waals surface area contributed by atoms with E-state index < -0.39 is 11.7 Å². The standard InChI is InChI=1S/C15H14F3N3O2/c1-10-2-3-11(8-20-10)14(22)19-6-7-23-13-5-4-12(9-21-13)15(16,17)18/h2-5,8-9H,6-7H2,1H3,(H,19,22). The Balaban J connectivity index is 1.77. The number of pyridine rings is 2. The molecule has 0 fully saturated rings. The number of amides is 1. The predicted octanol–water partition coefficient (Wildman–Crippen LogP) is 2.61. The molecule has 0 atom stereocenters. The lowest BCUT2D eigenvalue weighted by Crippen LogP contribution is -2.28. The number of rotatable bonds is 5. The van der Waals surface area contributed by atoms with Gasteiger partial charge in [0, 0.05) is 24.2 Å². The molecule has 5 nitrogen and oxygen atoms in total. The number of hydrogen-bond donors (Lipinski definition) is 1. The van der Waals surface area contributed by atoms with Gasteiger partial charge >= 0.3 is 6.18 Å². The summed E-state index contributed by atoms with van der Waals surface area (Å²) in [5.41, 5.74) is 0.381. The molecular formula is C15H14F3N3O2. The Kier molecular flexibility index (Phi) is 5.15. The monoisotopic (exact) mass is 325 g/mol. The average molecular weight is 325 g/mol. The summed E-state index contributed by atoms with van der Waals surface area (Å²) in [6, 6.07) is 5.39. The first-order valence-corrected chi connectivity index (χ1v) is 6.73. The van der Waals surface area contributed by atoms with E-state index in [9.17, 15) is 18.0 Å². The van der Waals surface area contributed by atoms with Crippen LogP contribution in [0, 0.1) is 6.92 Å². The lowest BCUT2D eigenvalue weighted by Gasteiger charge is -2.09. The maximum atomic E-state index is 12.4. The van der Waals surface area contributed by atoms with Crippen molar-refractivity contribution in [2.75, 3.05) is 13.2 Å². The van der Waals surface area contributed by atoms with Crippen LogP contribution < -0.4 is 10.1 Å². The summed E-state index contributed by atoms with van der Waals surface area (Å²) in [4.78, 5) is 19.3. The first-order chi connectivity index (χ1) is 10.9. The minimum atomic E-state index is -4.43. The van der Waals surface area contributed by atoms with E-state index in [1.807, 2.05) is 6.92 Å². The number of hydrogen-bond acceptors (Lipinski definition) is 4. The molecule has 0 bridgehead atoms. The third kappa shape index (κ3) is 4.94. The predicted molar refractivity (Wildman–Crippen MR) is 76.0 cm³/mol. The van der Waals surface area contributed by atoms with Gasteiger partial charge in [-0.25, -0.2) is 4.98 Å². The molecule has 23 heavy (non-hydrogen) atoms. The second-order valence-corrected chi connectivity index (χ2v) is 4.68. The van der Waals surface area contributed by atoms with Crippen LogP contribution in [0.15, 0.2) is 36.7 Å². The van der Waals surface area contributed by atoms with Gasteiger partial charge in [0.1, 0.15) is 6.61 Å². The molecule has 0 radical (unpaired) electrons. The molecule has 0 aliphatic rings. The summed E-state index contributed by atoms with van der Waals surface area (Å²) >= 11 is 0. The highest BCUT2D eigenvalue weighted by atomic mass is 19.4. The van der Waals surface area contributed by atoms with Crippen LogP contribution >= 0.6 is 0 Å². The Bertz CT molecular complexity index is 655. The van der Waals surface area contributed by atoms with Crippen molar-refractivity contribution in [2.24, 2.45) is 0 Å². The smallest absolute Gasteiger partial charge is 0.417 e. The van der Waals surface area contributed by atoms with Crippen molar-refractivity contribution >= 4 is 5.91 Å². The summed E-state index contributed by atoms with van der Waals surface area (Å²) in [6.07, 6.45) is -2.27. The number of halogens is 3. The molecule has 122 valence electrons. The number of alkyl halides is 3. The molecule has 0 unspecified atom stereocenters. The normalized spacial score (nSPS) is 11.1. The van der Waals surface area contributed by atoms with Gasteiger partial charge in [0.2, 0.25) is 5.88 Å². The van der Waals surface area contributed by atoms with E-state index in [0.29, 0.717) is 11.8 Å². The molecule has 1 N–H and O–H groups in total. The van der Waals surface area contributed by atoms with Gasteiger partial charge in [-0.3, -0.25) is 9.78 Å². The van der Waals surface area contributed by atoms with Crippen LogP contribution in [-0.2, 0) is 6.18 Å². The van der Waals surface area contributed by atoms with Gasteiger partial charge in [0.25, 0.3) is 5.91 Å². The zero-order valence-electron chi connectivity index (χ0n) is 12.2. The first kappa shape index (κ1) is 16.7. The molecule has 0 aromatic carbocycles. The topological polar surface area (TPSA) is 64.1 Å². The molecule has 0 saturated heterocycles. The fourth-order valence-electron chi connectivity index (χ4n) is 1.66. The third-order valence-electron chi connectivity index (χ3n) is 2.87. The van der Waals surface area contributed by atoms with Crippen LogP contribution in [0.25, 0.3) is 0 Å². The molecule has 0 aliphatic heterocycles. The first-order valence-electron chi connectivity index (χ1n) is 6.73. The highest BCUT2D eigenvalue weighted by molar-refractivity contribution is 5.93. The van der Waals surface area contributed by atoms with Gasteiger partial charge in [-0.05, 0) is 25.1 Å². The van der Waals surface area contributed by atoms with Crippen molar-refractivity contribution in [2.45, 2.75) is 13.1 Å². The van der Waals surface area contributed by atoms with Crippen LogP contribution in [-0.4, -0.2) is 29.0 Å². The number of carbonyl (C=O) groups excluding carboxylic acids is 1. The van der Waals surface area contributed by atoms with Crippen LogP contribution in [0.2, 0.25) is 0 Å².